The molecule has 1 amide bonds. The highest BCUT2D eigenvalue weighted by atomic mass is 16.5. The van der Waals surface area contributed by atoms with Gasteiger partial charge >= 0.3 is 0 Å². The summed E-state index contributed by atoms with van der Waals surface area (Å²) >= 11 is 0. The zero-order valence-electron chi connectivity index (χ0n) is 16.5. The van der Waals surface area contributed by atoms with Gasteiger partial charge in [-0.05, 0) is 63.5 Å². The Balaban J connectivity index is 1.37. The van der Waals surface area contributed by atoms with Crippen LogP contribution in [0.5, 0.6) is 5.75 Å². The van der Waals surface area contributed by atoms with E-state index in [1.807, 2.05) is 36.1 Å². The molecule has 0 radical (unpaired) electrons. The van der Waals surface area contributed by atoms with Crippen molar-refractivity contribution in [2.24, 2.45) is 5.92 Å². The smallest absolute Gasteiger partial charge is 0.260 e. The van der Waals surface area contributed by atoms with Gasteiger partial charge in [-0.1, -0.05) is 17.7 Å². The number of hydrogen-bond acceptors (Lipinski definition) is 4. The SMILES string of the molecule is CO[C@@]12CC[C@H](OCC3CC3)C[C@@H]1N(C(=O)COc1ccc(C)cc1)CC2. The monoisotopic (exact) mass is 373 g/mol. The van der Waals surface area contributed by atoms with Gasteiger partial charge in [-0.3, -0.25) is 4.79 Å². The third-order valence-corrected chi connectivity index (χ3v) is 6.51. The quantitative estimate of drug-likeness (QED) is 0.735. The lowest BCUT2D eigenvalue weighted by atomic mass is 9.79. The normalized spacial score (nSPS) is 30.2. The molecule has 3 aliphatic rings. The number of carbonyl (C=O) groups excluding carboxylic acids is 1. The van der Waals surface area contributed by atoms with Gasteiger partial charge in [0.1, 0.15) is 5.75 Å². The number of fused-ring (bicyclic) bond motifs is 1. The van der Waals surface area contributed by atoms with Crippen molar-refractivity contribution in [1.29, 1.82) is 0 Å². The Morgan fingerprint density at radius 1 is 1.19 bits per heavy atom. The molecule has 0 spiro atoms. The fourth-order valence-corrected chi connectivity index (χ4v) is 4.53. The fourth-order valence-electron chi connectivity index (χ4n) is 4.53. The van der Waals surface area contributed by atoms with E-state index in [2.05, 4.69) is 0 Å². The Kier molecular flexibility index (Phi) is 5.42. The van der Waals surface area contributed by atoms with E-state index >= 15 is 0 Å². The average Bonchev–Trinajstić information content (AvgIpc) is 3.44. The molecule has 1 heterocycles. The minimum atomic E-state index is -0.209. The van der Waals surface area contributed by atoms with Crippen LogP contribution >= 0.6 is 0 Å². The third-order valence-electron chi connectivity index (χ3n) is 6.51. The van der Waals surface area contributed by atoms with Crippen LogP contribution in [-0.4, -0.2) is 55.4 Å². The van der Waals surface area contributed by atoms with Gasteiger partial charge < -0.3 is 19.1 Å². The van der Waals surface area contributed by atoms with E-state index < -0.39 is 0 Å². The molecule has 4 rings (SSSR count). The van der Waals surface area contributed by atoms with E-state index in [1.54, 1.807) is 7.11 Å². The van der Waals surface area contributed by atoms with Crippen molar-refractivity contribution >= 4 is 5.91 Å². The molecule has 1 aromatic rings. The Hall–Kier alpha value is -1.59. The summed E-state index contributed by atoms with van der Waals surface area (Å²) in [6.45, 7) is 3.73. The second kappa shape index (κ2) is 7.80. The summed E-state index contributed by atoms with van der Waals surface area (Å²) in [5.74, 6) is 1.55. The summed E-state index contributed by atoms with van der Waals surface area (Å²) in [5.41, 5.74) is 0.969. The van der Waals surface area contributed by atoms with Gasteiger partial charge in [-0.2, -0.15) is 0 Å². The summed E-state index contributed by atoms with van der Waals surface area (Å²) < 4.78 is 17.8. The molecular weight excluding hydrogens is 342 g/mol. The maximum absolute atomic E-state index is 12.9. The maximum atomic E-state index is 12.9. The van der Waals surface area contributed by atoms with Crippen LogP contribution in [0.1, 0.15) is 44.1 Å². The highest BCUT2D eigenvalue weighted by Gasteiger charge is 2.52. The zero-order valence-corrected chi connectivity index (χ0v) is 16.5. The van der Waals surface area contributed by atoms with Gasteiger partial charge in [0.05, 0.1) is 17.7 Å². The highest BCUT2D eigenvalue weighted by Crippen LogP contribution is 2.43. The second-order valence-corrected chi connectivity index (χ2v) is 8.40. The molecule has 0 aromatic heterocycles. The highest BCUT2D eigenvalue weighted by molar-refractivity contribution is 5.78. The predicted octanol–water partition coefficient (Wildman–Crippen LogP) is 3.34. The molecule has 1 saturated heterocycles. The predicted molar refractivity (Wildman–Crippen MR) is 103 cm³/mol. The standard InChI is InChI=1S/C22H31NO4/c1-16-3-7-18(8-4-16)27-15-21(24)23-12-11-22(25-2)10-9-19(13-20(22)23)26-14-17-5-6-17/h3-4,7-8,17,19-20H,5-6,9-15H2,1-2H3/t19-,20-,22+/m0/s1. The molecular formula is C22H31NO4. The molecule has 2 saturated carbocycles. The van der Waals surface area contributed by atoms with Gasteiger partial charge in [0.2, 0.25) is 0 Å². The average molecular weight is 373 g/mol. The van der Waals surface area contributed by atoms with Gasteiger partial charge in [0, 0.05) is 20.3 Å². The molecule has 2 aliphatic carbocycles. The molecule has 148 valence electrons. The van der Waals surface area contributed by atoms with Crippen LogP contribution in [0.3, 0.4) is 0 Å². The number of ether oxygens (including phenoxy) is 3. The van der Waals surface area contributed by atoms with Gasteiger partial charge in [-0.15, -0.1) is 0 Å². The van der Waals surface area contributed by atoms with Crippen LogP contribution in [0.2, 0.25) is 0 Å². The minimum absolute atomic E-state index is 0.0438. The van der Waals surface area contributed by atoms with Gasteiger partial charge in [-0.25, -0.2) is 0 Å². The summed E-state index contributed by atoms with van der Waals surface area (Å²) in [7, 11) is 1.79. The number of likely N-dealkylation sites (tertiary alicyclic amines) is 1. The van der Waals surface area contributed by atoms with E-state index in [9.17, 15) is 4.79 Å². The summed E-state index contributed by atoms with van der Waals surface area (Å²) in [6, 6.07) is 7.90. The topological polar surface area (TPSA) is 48.0 Å². The number of nitrogens with zero attached hydrogens (tertiary/aromatic N) is 1. The zero-order chi connectivity index (χ0) is 18.9. The van der Waals surface area contributed by atoms with Crippen molar-refractivity contribution in [1.82, 2.24) is 4.90 Å². The van der Waals surface area contributed by atoms with Crippen molar-refractivity contribution in [2.45, 2.75) is 63.2 Å². The number of rotatable bonds is 7. The van der Waals surface area contributed by atoms with Crippen LogP contribution in [0.15, 0.2) is 24.3 Å². The molecule has 3 atom stereocenters. The fraction of sp³-hybridized carbons (Fsp3) is 0.682. The van der Waals surface area contributed by atoms with Crippen LogP contribution in [0, 0.1) is 12.8 Å². The number of aryl methyl sites for hydroxylation is 1. The van der Waals surface area contributed by atoms with Crippen molar-refractivity contribution < 1.29 is 19.0 Å². The van der Waals surface area contributed by atoms with Crippen LogP contribution < -0.4 is 4.74 Å². The molecule has 5 nitrogen and oxygen atoms in total. The number of carbonyl (C=O) groups is 1. The number of amides is 1. The van der Waals surface area contributed by atoms with Crippen molar-refractivity contribution in [3.8, 4) is 5.75 Å². The lowest BCUT2D eigenvalue weighted by Gasteiger charge is -2.43. The van der Waals surface area contributed by atoms with Crippen LogP contribution in [0.4, 0.5) is 0 Å². The first-order valence-corrected chi connectivity index (χ1v) is 10.3. The second-order valence-electron chi connectivity index (χ2n) is 8.40. The molecule has 5 heteroatoms. The van der Waals surface area contributed by atoms with Crippen LogP contribution in [0.25, 0.3) is 0 Å². The van der Waals surface area contributed by atoms with Crippen molar-refractivity contribution in [2.75, 3.05) is 26.9 Å². The molecule has 27 heavy (non-hydrogen) atoms. The Morgan fingerprint density at radius 3 is 2.67 bits per heavy atom. The first-order chi connectivity index (χ1) is 13.1. The van der Waals surface area contributed by atoms with Gasteiger partial charge in [0.25, 0.3) is 5.91 Å². The lowest BCUT2D eigenvalue weighted by molar-refractivity contribution is -0.143. The first kappa shape index (κ1) is 18.8. The van der Waals surface area contributed by atoms with E-state index in [1.165, 1.54) is 18.4 Å². The van der Waals surface area contributed by atoms with E-state index in [4.69, 9.17) is 14.2 Å². The Labute approximate surface area is 162 Å². The van der Waals surface area contributed by atoms with E-state index in [-0.39, 0.29) is 30.3 Å². The molecule has 1 aromatic carbocycles. The Bertz CT molecular complexity index is 657. The summed E-state index contributed by atoms with van der Waals surface area (Å²) in [4.78, 5) is 14.9. The van der Waals surface area contributed by atoms with E-state index in [0.717, 1.165) is 50.5 Å². The van der Waals surface area contributed by atoms with Crippen molar-refractivity contribution in [3.05, 3.63) is 29.8 Å². The lowest BCUT2D eigenvalue weighted by Crippen LogP contribution is -2.53. The molecule has 0 N–H and O–H groups in total. The Morgan fingerprint density at radius 2 is 1.96 bits per heavy atom. The number of hydrogen-bond donors (Lipinski definition) is 0. The minimum Gasteiger partial charge on any atom is -0.484 e. The molecule has 0 unspecified atom stereocenters. The first-order valence-electron chi connectivity index (χ1n) is 10.3. The van der Waals surface area contributed by atoms with Crippen molar-refractivity contribution in [3.63, 3.8) is 0 Å². The molecule has 1 aliphatic heterocycles. The summed E-state index contributed by atoms with van der Waals surface area (Å²) in [5, 5.41) is 0. The third kappa shape index (κ3) is 4.14. The summed E-state index contributed by atoms with van der Waals surface area (Å²) in [6.07, 6.45) is 6.62. The largest absolute Gasteiger partial charge is 0.484 e. The molecule has 0 bridgehead atoms. The number of benzene rings is 1. The van der Waals surface area contributed by atoms with E-state index in [0.29, 0.717) is 0 Å². The maximum Gasteiger partial charge on any atom is 0.260 e. The molecule has 3 fully saturated rings. The van der Waals surface area contributed by atoms with Gasteiger partial charge in [0.15, 0.2) is 6.61 Å². The van der Waals surface area contributed by atoms with Crippen LogP contribution in [-0.2, 0) is 14.3 Å². The number of methoxy groups -OCH3 is 1.